The highest BCUT2D eigenvalue weighted by molar-refractivity contribution is 4.68. The molecule has 0 aromatic heterocycles. The van der Waals surface area contributed by atoms with E-state index in [4.69, 9.17) is 29.2 Å². The molecule has 0 aliphatic heterocycles. The fraction of sp³-hybridized carbons (Fsp3) is 1.00. The largest absolute Gasteiger partial charge is 0.396 e. The van der Waals surface area contributed by atoms with Crippen molar-refractivity contribution in [3.63, 3.8) is 0 Å². The molecule has 0 saturated carbocycles. The molecule has 0 radical (unpaired) electrons. The van der Waals surface area contributed by atoms with Crippen LogP contribution in [0.15, 0.2) is 0 Å². The van der Waals surface area contributed by atoms with Crippen LogP contribution in [0.2, 0.25) is 0 Å². The molecule has 2 atom stereocenters. The molecule has 2 unspecified atom stereocenters. The number of ether oxygens (including phenoxy) is 4. The van der Waals surface area contributed by atoms with Gasteiger partial charge in [0, 0.05) is 32.8 Å². The highest BCUT2D eigenvalue weighted by Gasteiger charge is 2.17. The number of nitrogens with zero attached hydrogens (tertiary/aromatic N) is 1. The Bertz CT molecular complexity index is 283. The molecule has 0 bridgehead atoms. The summed E-state index contributed by atoms with van der Waals surface area (Å²) in [5.74, 6) is 0. The Hall–Kier alpha value is -0.280. The minimum Gasteiger partial charge on any atom is -0.396 e. The summed E-state index contributed by atoms with van der Waals surface area (Å²) in [6.45, 7) is 12.2. The van der Waals surface area contributed by atoms with Gasteiger partial charge in [0.1, 0.15) is 0 Å². The first kappa shape index (κ1) is 25.7. The first-order chi connectivity index (χ1) is 12.7. The second-order valence-electron chi connectivity index (χ2n) is 6.32. The minimum atomic E-state index is 0.0424. The van der Waals surface area contributed by atoms with E-state index in [0.717, 1.165) is 32.5 Å². The van der Waals surface area contributed by atoms with E-state index in [1.165, 1.54) is 0 Å². The van der Waals surface area contributed by atoms with Crippen LogP contribution in [0.4, 0.5) is 0 Å². The van der Waals surface area contributed by atoms with E-state index >= 15 is 0 Å². The molecular formula is C19H41NO6. The maximum Gasteiger partial charge on any atom is 0.0705 e. The smallest absolute Gasteiger partial charge is 0.0705 e. The summed E-state index contributed by atoms with van der Waals surface area (Å²) in [5, 5.41) is 17.9. The van der Waals surface area contributed by atoms with Crippen molar-refractivity contribution in [2.75, 3.05) is 72.5 Å². The van der Waals surface area contributed by atoms with Crippen LogP contribution < -0.4 is 0 Å². The molecule has 7 nitrogen and oxygen atoms in total. The summed E-state index contributed by atoms with van der Waals surface area (Å²) in [7, 11) is 0. The van der Waals surface area contributed by atoms with Crippen molar-refractivity contribution in [2.24, 2.45) is 0 Å². The number of hydrogen-bond acceptors (Lipinski definition) is 7. The van der Waals surface area contributed by atoms with Crippen LogP contribution in [0, 0.1) is 0 Å². The van der Waals surface area contributed by atoms with Crippen molar-refractivity contribution in [1.82, 2.24) is 4.90 Å². The zero-order chi connectivity index (χ0) is 19.5. The van der Waals surface area contributed by atoms with Gasteiger partial charge in [0.15, 0.2) is 0 Å². The quantitative estimate of drug-likeness (QED) is 0.309. The molecule has 0 aliphatic rings. The van der Waals surface area contributed by atoms with E-state index in [2.05, 4.69) is 11.8 Å². The molecule has 26 heavy (non-hydrogen) atoms. The number of hydrogen-bond donors (Lipinski definition) is 2. The molecule has 0 aliphatic carbocycles. The minimum absolute atomic E-state index is 0.0424. The second kappa shape index (κ2) is 19.5. The van der Waals surface area contributed by atoms with Crippen molar-refractivity contribution in [3.8, 4) is 0 Å². The third kappa shape index (κ3) is 15.9. The second-order valence-corrected chi connectivity index (χ2v) is 6.32. The van der Waals surface area contributed by atoms with E-state index in [9.17, 15) is 0 Å². The fourth-order valence-electron chi connectivity index (χ4n) is 2.60. The van der Waals surface area contributed by atoms with Gasteiger partial charge in [0.05, 0.1) is 51.8 Å². The Morgan fingerprint density at radius 2 is 1.46 bits per heavy atom. The first-order valence-electron chi connectivity index (χ1n) is 10.0. The van der Waals surface area contributed by atoms with Crippen LogP contribution in [-0.2, 0) is 18.9 Å². The molecule has 0 aromatic carbocycles. The lowest BCUT2D eigenvalue weighted by Gasteiger charge is -2.29. The van der Waals surface area contributed by atoms with Crippen LogP contribution >= 0.6 is 0 Å². The molecule has 2 N–H and O–H groups in total. The monoisotopic (exact) mass is 379 g/mol. The predicted octanol–water partition coefficient (Wildman–Crippen LogP) is 1.31. The maximum absolute atomic E-state index is 9.08. The summed E-state index contributed by atoms with van der Waals surface area (Å²) < 4.78 is 22.4. The lowest BCUT2D eigenvalue weighted by Crippen LogP contribution is -2.39. The molecule has 7 heteroatoms. The van der Waals surface area contributed by atoms with Crippen LogP contribution in [0.25, 0.3) is 0 Å². The topological polar surface area (TPSA) is 80.6 Å². The normalized spacial score (nSPS) is 14.1. The maximum atomic E-state index is 9.08. The predicted molar refractivity (Wildman–Crippen MR) is 103 cm³/mol. The average molecular weight is 380 g/mol. The van der Waals surface area contributed by atoms with E-state index in [1.807, 2.05) is 13.8 Å². The highest BCUT2D eigenvalue weighted by atomic mass is 16.5. The summed E-state index contributed by atoms with van der Waals surface area (Å²) >= 11 is 0. The van der Waals surface area contributed by atoms with Gasteiger partial charge in [-0.3, -0.25) is 4.90 Å². The number of aliphatic hydroxyl groups excluding tert-OH is 2. The van der Waals surface area contributed by atoms with Crippen LogP contribution in [-0.4, -0.2) is 99.8 Å². The standard InChI is InChI=1S/C19H41NO6/c1-4-6-19(26-18(3)7-10-21)17-20(8-12-24-14-11-22)9-13-25-16-15-23-5-2/h18-19,21-22H,4-17H2,1-3H3. The van der Waals surface area contributed by atoms with Gasteiger partial charge in [-0.15, -0.1) is 0 Å². The van der Waals surface area contributed by atoms with Crippen molar-refractivity contribution in [1.29, 1.82) is 0 Å². The lowest BCUT2D eigenvalue weighted by atomic mass is 10.2. The summed E-state index contributed by atoms with van der Waals surface area (Å²) in [6, 6.07) is 0. The third-order valence-corrected chi connectivity index (χ3v) is 3.95. The fourth-order valence-corrected chi connectivity index (χ4v) is 2.60. The van der Waals surface area contributed by atoms with Crippen LogP contribution in [0.1, 0.15) is 40.0 Å². The van der Waals surface area contributed by atoms with E-state index in [0.29, 0.717) is 46.1 Å². The highest BCUT2D eigenvalue weighted by Crippen LogP contribution is 2.10. The van der Waals surface area contributed by atoms with E-state index < -0.39 is 0 Å². The molecule has 0 spiro atoms. The Morgan fingerprint density at radius 3 is 2.04 bits per heavy atom. The van der Waals surface area contributed by atoms with Crippen molar-refractivity contribution in [3.05, 3.63) is 0 Å². The van der Waals surface area contributed by atoms with E-state index in [-0.39, 0.29) is 25.4 Å². The molecule has 0 aromatic rings. The zero-order valence-corrected chi connectivity index (χ0v) is 17.0. The van der Waals surface area contributed by atoms with Gasteiger partial charge in [-0.05, 0) is 26.7 Å². The van der Waals surface area contributed by atoms with Gasteiger partial charge < -0.3 is 29.2 Å². The molecular weight excluding hydrogens is 338 g/mol. The Labute approximate surface area is 159 Å². The molecule has 0 saturated heterocycles. The van der Waals surface area contributed by atoms with Gasteiger partial charge in [-0.2, -0.15) is 0 Å². The van der Waals surface area contributed by atoms with Gasteiger partial charge in [0.2, 0.25) is 0 Å². The lowest BCUT2D eigenvalue weighted by molar-refractivity contribution is -0.0411. The van der Waals surface area contributed by atoms with Crippen molar-refractivity contribution in [2.45, 2.75) is 52.2 Å². The number of aliphatic hydroxyl groups is 2. The Morgan fingerprint density at radius 1 is 0.808 bits per heavy atom. The molecule has 0 heterocycles. The van der Waals surface area contributed by atoms with Crippen LogP contribution in [0.3, 0.4) is 0 Å². The Kier molecular flexibility index (Phi) is 19.3. The van der Waals surface area contributed by atoms with Gasteiger partial charge in [-0.1, -0.05) is 13.3 Å². The number of rotatable bonds is 20. The van der Waals surface area contributed by atoms with Crippen molar-refractivity contribution >= 4 is 0 Å². The molecule has 0 rings (SSSR count). The summed E-state index contributed by atoms with van der Waals surface area (Å²) in [4.78, 5) is 2.28. The zero-order valence-electron chi connectivity index (χ0n) is 17.0. The van der Waals surface area contributed by atoms with Gasteiger partial charge in [0.25, 0.3) is 0 Å². The molecule has 158 valence electrons. The van der Waals surface area contributed by atoms with Crippen molar-refractivity contribution < 1.29 is 29.2 Å². The summed E-state index contributed by atoms with van der Waals surface area (Å²) in [6.07, 6.45) is 2.86. The van der Waals surface area contributed by atoms with Gasteiger partial charge >= 0.3 is 0 Å². The van der Waals surface area contributed by atoms with Crippen LogP contribution in [0.5, 0.6) is 0 Å². The van der Waals surface area contributed by atoms with Gasteiger partial charge in [-0.25, -0.2) is 0 Å². The average Bonchev–Trinajstić information content (AvgIpc) is 2.61. The summed E-state index contributed by atoms with van der Waals surface area (Å²) in [5.41, 5.74) is 0. The molecule has 0 fully saturated rings. The van der Waals surface area contributed by atoms with E-state index in [1.54, 1.807) is 0 Å². The first-order valence-corrected chi connectivity index (χ1v) is 10.0. The Balaban J connectivity index is 4.36. The SMILES string of the molecule is CCCC(CN(CCOCCO)CCOCCOCC)OC(C)CCO. The third-order valence-electron chi connectivity index (χ3n) is 3.95. The molecule has 0 amide bonds.